The zero-order valence-electron chi connectivity index (χ0n) is 10.5. The third-order valence-electron chi connectivity index (χ3n) is 3.61. The Morgan fingerprint density at radius 2 is 2.24 bits per heavy atom. The van der Waals surface area contributed by atoms with Gasteiger partial charge in [0.25, 0.3) is 0 Å². The molecule has 2 rings (SSSR count). The van der Waals surface area contributed by atoms with Crippen LogP contribution in [0.4, 0.5) is 0 Å². The van der Waals surface area contributed by atoms with E-state index in [1.165, 1.54) is 5.56 Å². The van der Waals surface area contributed by atoms with E-state index in [0.717, 1.165) is 36.6 Å². The Labute approximate surface area is 108 Å². The van der Waals surface area contributed by atoms with Crippen LogP contribution in [-0.2, 0) is 6.54 Å². The number of halogens is 1. The standard InChI is InChI=1S/C14H20ClNO/c1-10-3-4-12(13(15)7-10)8-16-6-5-11(2)14(17)9-16/h3-4,7,11,14,17H,5-6,8-9H2,1-2H3. The molecule has 1 N–H and O–H groups in total. The van der Waals surface area contributed by atoms with Gasteiger partial charge in [0.2, 0.25) is 0 Å². The fraction of sp³-hybridized carbons (Fsp3) is 0.571. The van der Waals surface area contributed by atoms with Crippen molar-refractivity contribution in [3.63, 3.8) is 0 Å². The molecule has 17 heavy (non-hydrogen) atoms. The second-order valence-electron chi connectivity index (χ2n) is 5.16. The van der Waals surface area contributed by atoms with Crippen molar-refractivity contribution in [3.8, 4) is 0 Å². The summed E-state index contributed by atoms with van der Waals surface area (Å²) < 4.78 is 0. The van der Waals surface area contributed by atoms with E-state index in [1.54, 1.807) is 0 Å². The third-order valence-corrected chi connectivity index (χ3v) is 3.96. The first-order valence-corrected chi connectivity index (χ1v) is 6.59. The van der Waals surface area contributed by atoms with Crippen molar-refractivity contribution in [3.05, 3.63) is 34.3 Å². The van der Waals surface area contributed by atoms with Crippen LogP contribution in [0.15, 0.2) is 18.2 Å². The summed E-state index contributed by atoms with van der Waals surface area (Å²) in [5.74, 6) is 0.416. The van der Waals surface area contributed by atoms with E-state index in [1.807, 2.05) is 13.0 Å². The van der Waals surface area contributed by atoms with Gasteiger partial charge in [0.1, 0.15) is 0 Å². The van der Waals surface area contributed by atoms with Gasteiger partial charge in [-0.3, -0.25) is 4.90 Å². The highest BCUT2D eigenvalue weighted by Gasteiger charge is 2.24. The van der Waals surface area contributed by atoms with Gasteiger partial charge >= 0.3 is 0 Å². The van der Waals surface area contributed by atoms with Crippen LogP contribution in [0.2, 0.25) is 5.02 Å². The second kappa shape index (κ2) is 5.38. The lowest BCUT2D eigenvalue weighted by molar-refractivity contribution is 0.0259. The predicted molar refractivity (Wildman–Crippen MR) is 71.3 cm³/mol. The van der Waals surface area contributed by atoms with E-state index in [9.17, 15) is 5.11 Å². The summed E-state index contributed by atoms with van der Waals surface area (Å²) in [7, 11) is 0. The zero-order valence-corrected chi connectivity index (χ0v) is 11.2. The van der Waals surface area contributed by atoms with Crippen molar-refractivity contribution in [1.82, 2.24) is 4.90 Å². The molecule has 0 amide bonds. The summed E-state index contributed by atoms with van der Waals surface area (Å²) in [6, 6.07) is 6.17. The Hall–Kier alpha value is -0.570. The minimum absolute atomic E-state index is 0.201. The number of piperidine rings is 1. The Balaban J connectivity index is 2.01. The topological polar surface area (TPSA) is 23.5 Å². The minimum atomic E-state index is -0.201. The number of aliphatic hydroxyl groups excluding tert-OH is 1. The maximum atomic E-state index is 9.86. The fourth-order valence-electron chi connectivity index (χ4n) is 2.28. The zero-order chi connectivity index (χ0) is 12.4. The maximum absolute atomic E-state index is 9.86. The number of nitrogens with zero attached hydrogens (tertiary/aromatic N) is 1. The van der Waals surface area contributed by atoms with Crippen molar-refractivity contribution < 1.29 is 5.11 Å². The van der Waals surface area contributed by atoms with Gasteiger partial charge in [-0.05, 0) is 43.0 Å². The van der Waals surface area contributed by atoms with Gasteiger partial charge in [-0.2, -0.15) is 0 Å². The van der Waals surface area contributed by atoms with Crippen molar-refractivity contribution in [1.29, 1.82) is 0 Å². The highest BCUT2D eigenvalue weighted by atomic mass is 35.5. The van der Waals surface area contributed by atoms with Crippen LogP contribution in [0.5, 0.6) is 0 Å². The number of β-amino-alcohol motifs (C(OH)–C–C–N with tert-alkyl or cyclic N) is 1. The average Bonchev–Trinajstić information content (AvgIpc) is 2.27. The van der Waals surface area contributed by atoms with Gasteiger partial charge < -0.3 is 5.11 Å². The highest BCUT2D eigenvalue weighted by molar-refractivity contribution is 6.31. The molecule has 1 aliphatic heterocycles. The number of hydrogen-bond donors (Lipinski definition) is 1. The van der Waals surface area contributed by atoms with Crippen molar-refractivity contribution in [2.45, 2.75) is 32.9 Å². The summed E-state index contributed by atoms with van der Waals surface area (Å²) in [5, 5.41) is 10.7. The molecular weight excluding hydrogens is 234 g/mol. The van der Waals surface area contributed by atoms with Crippen LogP contribution < -0.4 is 0 Å². The molecule has 0 spiro atoms. The Bertz CT molecular complexity index is 394. The molecule has 1 aromatic rings. The van der Waals surface area contributed by atoms with Gasteiger partial charge in [-0.15, -0.1) is 0 Å². The number of rotatable bonds is 2. The summed E-state index contributed by atoms with van der Waals surface area (Å²) in [6.07, 6.45) is 0.859. The smallest absolute Gasteiger partial charge is 0.0693 e. The SMILES string of the molecule is Cc1ccc(CN2CCC(C)C(O)C2)c(Cl)c1. The van der Waals surface area contributed by atoms with Gasteiger partial charge in [0.15, 0.2) is 0 Å². The van der Waals surface area contributed by atoms with Crippen molar-refractivity contribution >= 4 is 11.6 Å². The molecule has 2 nitrogen and oxygen atoms in total. The van der Waals surface area contributed by atoms with E-state index in [2.05, 4.69) is 24.0 Å². The molecule has 1 heterocycles. The van der Waals surface area contributed by atoms with E-state index in [4.69, 9.17) is 11.6 Å². The first-order valence-electron chi connectivity index (χ1n) is 6.21. The average molecular weight is 254 g/mol. The largest absolute Gasteiger partial charge is 0.392 e. The maximum Gasteiger partial charge on any atom is 0.0693 e. The van der Waals surface area contributed by atoms with Gasteiger partial charge in [0, 0.05) is 18.1 Å². The molecule has 1 fully saturated rings. The number of hydrogen-bond acceptors (Lipinski definition) is 2. The van der Waals surface area contributed by atoms with Crippen LogP contribution in [0.3, 0.4) is 0 Å². The van der Waals surface area contributed by atoms with E-state index >= 15 is 0 Å². The first-order chi connectivity index (χ1) is 8.06. The Kier molecular flexibility index (Phi) is 4.08. The lowest BCUT2D eigenvalue weighted by Crippen LogP contribution is -2.42. The summed E-state index contributed by atoms with van der Waals surface area (Å²) >= 11 is 6.22. The highest BCUT2D eigenvalue weighted by Crippen LogP contribution is 2.23. The van der Waals surface area contributed by atoms with E-state index < -0.39 is 0 Å². The van der Waals surface area contributed by atoms with E-state index in [-0.39, 0.29) is 6.10 Å². The molecule has 3 heteroatoms. The monoisotopic (exact) mass is 253 g/mol. The molecule has 2 unspecified atom stereocenters. The molecule has 2 atom stereocenters. The molecule has 0 aliphatic carbocycles. The number of aryl methyl sites for hydroxylation is 1. The molecular formula is C14H20ClNO. The fourth-order valence-corrected chi connectivity index (χ4v) is 2.57. The van der Waals surface area contributed by atoms with Gasteiger partial charge in [-0.25, -0.2) is 0 Å². The van der Waals surface area contributed by atoms with Crippen LogP contribution >= 0.6 is 11.6 Å². The predicted octanol–water partition coefficient (Wildman–Crippen LogP) is 2.85. The molecule has 0 saturated carbocycles. The molecule has 0 aromatic heterocycles. The summed E-state index contributed by atoms with van der Waals surface area (Å²) in [6.45, 7) is 6.79. The molecule has 1 aromatic carbocycles. The lowest BCUT2D eigenvalue weighted by Gasteiger charge is -2.34. The van der Waals surface area contributed by atoms with Crippen molar-refractivity contribution in [2.24, 2.45) is 5.92 Å². The number of benzene rings is 1. The van der Waals surface area contributed by atoms with E-state index in [0.29, 0.717) is 5.92 Å². The molecule has 1 aliphatic rings. The number of aliphatic hydroxyl groups is 1. The first kappa shape index (κ1) is 12.9. The van der Waals surface area contributed by atoms with Crippen LogP contribution in [0.25, 0.3) is 0 Å². The Morgan fingerprint density at radius 3 is 2.88 bits per heavy atom. The molecule has 1 saturated heterocycles. The Morgan fingerprint density at radius 1 is 1.47 bits per heavy atom. The normalized spacial score (nSPS) is 26.1. The summed E-state index contributed by atoms with van der Waals surface area (Å²) in [4.78, 5) is 2.28. The van der Waals surface area contributed by atoms with Crippen LogP contribution in [-0.4, -0.2) is 29.2 Å². The second-order valence-corrected chi connectivity index (χ2v) is 5.57. The third kappa shape index (κ3) is 3.21. The molecule has 94 valence electrons. The quantitative estimate of drug-likeness (QED) is 0.876. The lowest BCUT2D eigenvalue weighted by atomic mass is 9.96. The minimum Gasteiger partial charge on any atom is -0.392 e. The van der Waals surface area contributed by atoms with Crippen LogP contribution in [0.1, 0.15) is 24.5 Å². The van der Waals surface area contributed by atoms with Gasteiger partial charge in [-0.1, -0.05) is 30.7 Å². The van der Waals surface area contributed by atoms with Gasteiger partial charge in [0.05, 0.1) is 6.10 Å². The summed E-state index contributed by atoms with van der Waals surface area (Å²) in [5.41, 5.74) is 2.34. The molecule has 0 radical (unpaired) electrons. The van der Waals surface area contributed by atoms with Crippen LogP contribution in [0, 0.1) is 12.8 Å². The molecule has 0 bridgehead atoms. The number of likely N-dealkylation sites (tertiary alicyclic amines) is 1. The van der Waals surface area contributed by atoms with Crippen molar-refractivity contribution in [2.75, 3.05) is 13.1 Å².